The van der Waals surface area contributed by atoms with Crippen LogP contribution in [0, 0.1) is 0 Å². The molecule has 0 radical (unpaired) electrons. The molecule has 0 spiro atoms. The van der Waals surface area contributed by atoms with Crippen molar-refractivity contribution in [2.45, 2.75) is 24.4 Å². The first-order chi connectivity index (χ1) is 7.58. The van der Waals surface area contributed by atoms with Gasteiger partial charge in [-0.1, -0.05) is 0 Å². The molecule has 0 unspecified atom stereocenters. The van der Waals surface area contributed by atoms with Gasteiger partial charge in [0.1, 0.15) is 0 Å². The average molecular weight is 234 g/mol. The summed E-state index contributed by atoms with van der Waals surface area (Å²) in [6.07, 6.45) is 2.15. The minimum absolute atomic E-state index is 0.534. The second kappa shape index (κ2) is 4.52. The molecule has 0 saturated carbocycles. The standard InChI is InChI=1S/C13H18N2S/c1-10(14(2)3)9-15-7-6-11-8-12(16)4-5-13(11)15/h4-8,10,16H,9H2,1-3H3/t10-/m1/s1. The van der Waals surface area contributed by atoms with E-state index in [-0.39, 0.29) is 0 Å². The van der Waals surface area contributed by atoms with E-state index >= 15 is 0 Å². The van der Waals surface area contributed by atoms with Crippen molar-refractivity contribution in [1.29, 1.82) is 0 Å². The molecule has 3 heteroatoms. The van der Waals surface area contributed by atoms with Crippen LogP contribution in [0.2, 0.25) is 0 Å². The van der Waals surface area contributed by atoms with Crippen molar-refractivity contribution < 1.29 is 0 Å². The molecule has 0 aliphatic rings. The van der Waals surface area contributed by atoms with E-state index in [4.69, 9.17) is 0 Å². The Bertz CT molecular complexity index is 488. The van der Waals surface area contributed by atoms with E-state index < -0.39 is 0 Å². The van der Waals surface area contributed by atoms with Crippen LogP contribution in [-0.2, 0) is 6.54 Å². The van der Waals surface area contributed by atoms with Crippen molar-refractivity contribution in [1.82, 2.24) is 9.47 Å². The number of fused-ring (bicyclic) bond motifs is 1. The SMILES string of the molecule is C[C@H](Cn1ccc2cc(S)ccc21)N(C)C. The largest absolute Gasteiger partial charge is 0.346 e. The van der Waals surface area contributed by atoms with E-state index in [2.05, 4.69) is 67.5 Å². The van der Waals surface area contributed by atoms with E-state index in [1.807, 2.05) is 6.07 Å². The van der Waals surface area contributed by atoms with E-state index in [9.17, 15) is 0 Å². The number of thiol groups is 1. The van der Waals surface area contributed by atoms with Gasteiger partial charge in [-0.2, -0.15) is 0 Å². The first-order valence-electron chi connectivity index (χ1n) is 5.52. The summed E-state index contributed by atoms with van der Waals surface area (Å²) >= 11 is 4.35. The molecule has 0 saturated heterocycles. The van der Waals surface area contributed by atoms with Crippen LogP contribution in [0.4, 0.5) is 0 Å². The molecule has 0 amide bonds. The van der Waals surface area contributed by atoms with Crippen molar-refractivity contribution in [3.8, 4) is 0 Å². The molecule has 2 rings (SSSR count). The normalized spacial score (nSPS) is 13.6. The first kappa shape index (κ1) is 11.6. The maximum absolute atomic E-state index is 4.35. The van der Waals surface area contributed by atoms with Crippen molar-refractivity contribution in [3.63, 3.8) is 0 Å². The molecule has 86 valence electrons. The van der Waals surface area contributed by atoms with Crippen LogP contribution in [0.5, 0.6) is 0 Å². The zero-order valence-electron chi connectivity index (χ0n) is 10.0. The van der Waals surface area contributed by atoms with Gasteiger partial charge in [-0.05, 0) is 45.3 Å². The van der Waals surface area contributed by atoms with Gasteiger partial charge in [-0.15, -0.1) is 12.6 Å². The van der Waals surface area contributed by atoms with Gasteiger partial charge in [0, 0.05) is 34.6 Å². The lowest BCUT2D eigenvalue weighted by Gasteiger charge is -2.20. The second-order valence-electron chi connectivity index (χ2n) is 4.52. The van der Waals surface area contributed by atoms with Crippen molar-refractivity contribution >= 4 is 23.5 Å². The molecule has 1 atom stereocenters. The summed E-state index contributed by atoms with van der Waals surface area (Å²) in [5, 5.41) is 1.26. The number of likely N-dealkylation sites (N-methyl/N-ethyl adjacent to an activating group) is 1. The number of nitrogens with zero attached hydrogens (tertiary/aromatic N) is 2. The summed E-state index contributed by atoms with van der Waals surface area (Å²) in [4.78, 5) is 3.25. The molecule has 0 N–H and O–H groups in total. The fraction of sp³-hybridized carbons (Fsp3) is 0.385. The molecule has 2 nitrogen and oxygen atoms in total. The van der Waals surface area contributed by atoms with Gasteiger partial charge in [0.2, 0.25) is 0 Å². The van der Waals surface area contributed by atoms with Crippen LogP contribution in [-0.4, -0.2) is 29.6 Å². The van der Waals surface area contributed by atoms with Crippen molar-refractivity contribution in [2.24, 2.45) is 0 Å². The predicted molar refractivity (Wildman–Crippen MR) is 72.3 cm³/mol. The van der Waals surface area contributed by atoms with Crippen molar-refractivity contribution in [2.75, 3.05) is 14.1 Å². The molecule has 2 aromatic rings. The molecule has 0 aliphatic carbocycles. The Morgan fingerprint density at radius 1 is 1.31 bits per heavy atom. The van der Waals surface area contributed by atoms with Crippen LogP contribution < -0.4 is 0 Å². The third-order valence-electron chi connectivity index (χ3n) is 3.10. The summed E-state index contributed by atoms with van der Waals surface area (Å²) in [6.45, 7) is 3.25. The molecule has 1 heterocycles. The topological polar surface area (TPSA) is 8.17 Å². The van der Waals surface area contributed by atoms with Crippen LogP contribution in [0.3, 0.4) is 0 Å². The highest BCUT2D eigenvalue weighted by atomic mass is 32.1. The van der Waals surface area contributed by atoms with Crippen molar-refractivity contribution in [3.05, 3.63) is 30.5 Å². The van der Waals surface area contributed by atoms with Gasteiger partial charge >= 0.3 is 0 Å². The summed E-state index contributed by atoms with van der Waals surface area (Å²) < 4.78 is 2.30. The molecular weight excluding hydrogens is 216 g/mol. The van der Waals surface area contributed by atoms with Gasteiger partial charge < -0.3 is 9.47 Å². The average Bonchev–Trinajstić information content (AvgIpc) is 2.60. The fourth-order valence-corrected chi connectivity index (χ4v) is 2.01. The maximum Gasteiger partial charge on any atom is 0.0481 e. The molecule has 0 bridgehead atoms. The zero-order valence-corrected chi connectivity index (χ0v) is 10.9. The Kier molecular flexibility index (Phi) is 3.26. The van der Waals surface area contributed by atoms with Gasteiger partial charge in [0.05, 0.1) is 0 Å². The molecule has 1 aromatic carbocycles. The van der Waals surface area contributed by atoms with E-state index in [0.29, 0.717) is 6.04 Å². The highest BCUT2D eigenvalue weighted by Crippen LogP contribution is 2.20. The lowest BCUT2D eigenvalue weighted by molar-refractivity contribution is 0.286. The van der Waals surface area contributed by atoms with Gasteiger partial charge in [-0.25, -0.2) is 0 Å². The molecule has 0 aliphatic heterocycles. The third kappa shape index (κ3) is 2.25. The molecule has 0 fully saturated rings. The summed E-state index contributed by atoms with van der Waals surface area (Å²) in [5.74, 6) is 0. The second-order valence-corrected chi connectivity index (χ2v) is 5.04. The predicted octanol–water partition coefficient (Wildman–Crippen LogP) is 2.88. The Morgan fingerprint density at radius 2 is 2.06 bits per heavy atom. The lowest BCUT2D eigenvalue weighted by atomic mass is 10.2. The Hall–Kier alpha value is -0.930. The van der Waals surface area contributed by atoms with Gasteiger partial charge in [0.25, 0.3) is 0 Å². The number of hydrogen-bond acceptors (Lipinski definition) is 2. The van der Waals surface area contributed by atoms with Crippen LogP contribution in [0.25, 0.3) is 10.9 Å². The highest BCUT2D eigenvalue weighted by Gasteiger charge is 2.07. The molecular formula is C13H18N2S. The van der Waals surface area contributed by atoms with E-state index in [0.717, 1.165) is 11.4 Å². The summed E-state index contributed by atoms with van der Waals surface area (Å²) in [5.41, 5.74) is 1.28. The van der Waals surface area contributed by atoms with E-state index in [1.165, 1.54) is 10.9 Å². The maximum atomic E-state index is 4.35. The number of hydrogen-bond donors (Lipinski definition) is 1. The summed E-state index contributed by atoms with van der Waals surface area (Å²) in [7, 11) is 4.23. The zero-order chi connectivity index (χ0) is 11.7. The fourth-order valence-electron chi connectivity index (χ4n) is 1.79. The third-order valence-corrected chi connectivity index (χ3v) is 3.38. The van der Waals surface area contributed by atoms with Gasteiger partial charge in [0.15, 0.2) is 0 Å². The summed E-state index contributed by atoms with van der Waals surface area (Å²) in [6, 6.07) is 8.97. The lowest BCUT2D eigenvalue weighted by Crippen LogP contribution is -2.28. The Morgan fingerprint density at radius 3 is 2.75 bits per heavy atom. The van der Waals surface area contributed by atoms with Crippen LogP contribution in [0.1, 0.15) is 6.92 Å². The number of aromatic nitrogens is 1. The Labute approximate surface area is 102 Å². The van der Waals surface area contributed by atoms with Crippen LogP contribution >= 0.6 is 12.6 Å². The molecule has 1 aromatic heterocycles. The van der Waals surface area contributed by atoms with E-state index in [1.54, 1.807) is 0 Å². The van der Waals surface area contributed by atoms with Crippen LogP contribution in [0.15, 0.2) is 35.4 Å². The minimum atomic E-state index is 0.534. The minimum Gasteiger partial charge on any atom is -0.346 e. The number of benzene rings is 1. The molecule has 16 heavy (non-hydrogen) atoms. The Balaban J connectivity index is 2.32. The monoisotopic (exact) mass is 234 g/mol. The van der Waals surface area contributed by atoms with Gasteiger partial charge in [-0.3, -0.25) is 0 Å². The smallest absolute Gasteiger partial charge is 0.0481 e. The quantitative estimate of drug-likeness (QED) is 0.803. The highest BCUT2D eigenvalue weighted by molar-refractivity contribution is 7.80. The first-order valence-corrected chi connectivity index (χ1v) is 5.97. The number of rotatable bonds is 3.